The van der Waals surface area contributed by atoms with Crippen LogP contribution in [0.4, 0.5) is 0 Å². The summed E-state index contributed by atoms with van der Waals surface area (Å²) in [6.07, 6.45) is 1.42. The lowest BCUT2D eigenvalue weighted by molar-refractivity contribution is -0.139. The number of benzene rings is 1. The SMILES string of the molecule is COC(=O)C(C)Sc1ncnc2c1nnn2-c1cccc(Cl)c1. The highest BCUT2D eigenvalue weighted by Gasteiger charge is 2.20. The van der Waals surface area contributed by atoms with Crippen molar-refractivity contribution in [3.8, 4) is 5.69 Å². The first kappa shape index (κ1) is 15.7. The Morgan fingerprint density at radius 3 is 2.96 bits per heavy atom. The van der Waals surface area contributed by atoms with Crippen molar-refractivity contribution in [3.05, 3.63) is 35.6 Å². The Hall–Kier alpha value is -2.19. The highest BCUT2D eigenvalue weighted by molar-refractivity contribution is 8.00. The lowest BCUT2D eigenvalue weighted by Gasteiger charge is -2.07. The summed E-state index contributed by atoms with van der Waals surface area (Å²) >= 11 is 7.26. The second-order valence-electron chi connectivity index (χ2n) is 4.62. The molecule has 3 rings (SSSR count). The molecule has 23 heavy (non-hydrogen) atoms. The van der Waals surface area contributed by atoms with Crippen LogP contribution >= 0.6 is 23.4 Å². The zero-order valence-corrected chi connectivity index (χ0v) is 13.9. The molecule has 1 unspecified atom stereocenters. The van der Waals surface area contributed by atoms with Crippen LogP contribution in [0.2, 0.25) is 5.02 Å². The summed E-state index contributed by atoms with van der Waals surface area (Å²) in [5.41, 5.74) is 1.81. The molecule has 0 amide bonds. The fraction of sp³-hybridized carbons (Fsp3) is 0.214. The third kappa shape index (κ3) is 3.13. The third-order valence-electron chi connectivity index (χ3n) is 3.08. The summed E-state index contributed by atoms with van der Waals surface area (Å²) in [6, 6.07) is 7.22. The van der Waals surface area contributed by atoms with Gasteiger partial charge >= 0.3 is 5.97 Å². The molecule has 0 saturated heterocycles. The van der Waals surface area contributed by atoms with Crippen molar-refractivity contribution in [1.82, 2.24) is 25.0 Å². The number of carbonyl (C=O) groups is 1. The van der Waals surface area contributed by atoms with Crippen LogP contribution < -0.4 is 0 Å². The summed E-state index contributed by atoms with van der Waals surface area (Å²) in [6.45, 7) is 1.74. The summed E-state index contributed by atoms with van der Waals surface area (Å²) in [7, 11) is 1.35. The van der Waals surface area contributed by atoms with Crippen LogP contribution in [0.3, 0.4) is 0 Å². The van der Waals surface area contributed by atoms with Crippen LogP contribution in [0.25, 0.3) is 16.9 Å². The molecule has 7 nitrogen and oxygen atoms in total. The van der Waals surface area contributed by atoms with E-state index in [0.29, 0.717) is 21.2 Å². The van der Waals surface area contributed by atoms with Gasteiger partial charge in [0.05, 0.1) is 12.8 Å². The molecule has 0 fully saturated rings. The normalized spacial score (nSPS) is 12.3. The van der Waals surface area contributed by atoms with Gasteiger partial charge in [0.15, 0.2) is 11.2 Å². The van der Waals surface area contributed by atoms with E-state index in [1.54, 1.807) is 23.7 Å². The van der Waals surface area contributed by atoms with Crippen molar-refractivity contribution in [3.63, 3.8) is 0 Å². The summed E-state index contributed by atoms with van der Waals surface area (Å²) in [5, 5.41) is 9.00. The van der Waals surface area contributed by atoms with Gasteiger partial charge < -0.3 is 4.74 Å². The molecule has 1 atom stereocenters. The molecule has 0 aliphatic rings. The van der Waals surface area contributed by atoms with Crippen molar-refractivity contribution in [2.75, 3.05) is 7.11 Å². The maximum Gasteiger partial charge on any atom is 0.318 e. The molecule has 2 aromatic heterocycles. The summed E-state index contributed by atoms with van der Waals surface area (Å²) < 4.78 is 6.30. The molecule has 0 aliphatic heterocycles. The van der Waals surface area contributed by atoms with Gasteiger partial charge in [-0.3, -0.25) is 4.79 Å². The number of rotatable bonds is 4. The summed E-state index contributed by atoms with van der Waals surface area (Å²) in [5.74, 6) is -0.330. The van der Waals surface area contributed by atoms with Gasteiger partial charge in [0.2, 0.25) is 0 Å². The Kier molecular flexibility index (Phi) is 4.44. The van der Waals surface area contributed by atoms with Gasteiger partial charge in [-0.2, -0.15) is 4.68 Å². The van der Waals surface area contributed by atoms with Crippen molar-refractivity contribution in [1.29, 1.82) is 0 Å². The van der Waals surface area contributed by atoms with Gasteiger partial charge in [0.25, 0.3) is 0 Å². The molecule has 0 radical (unpaired) electrons. The fourth-order valence-corrected chi connectivity index (χ4v) is 3.04. The van der Waals surface area contributed by atoms with Crippen LogP contribution in [0.1, 0.15) is 6.92 Å². The minimum atomic E-state index is -0.408. The maximum atomic E-state index is 11.6. The predicted molar refractivity (Wildman–Crippen MR) is 86.8 cm³/mol. The number of aromatic nitrogens is 5. The van der Waals surface area contributed by atoms with E-state index in [1.807, 2.05) is 12.1 Å². The smallest absolute Gasteiger partial charge is 0.318 e. The highest BCUT2D eigenvalue weighted by Crippen LogP contribution is 2.28. The second-order valence-corrected chi connectivity index (χ2v) is 6.38. The first-order chi connectivity index (χ1) is 11.1. The van der Waals surface area contributed by atoms with Gasteiger partial charge in [0, 0.05) is 5.02 Å². The predicted octanol–water partition coefficient (Wildman–Crippen LogP) is 2.52. The average molecular weight is 350 g/mol. The average Bonchev–Trinajstić information content (AvgIpc) is 2.99. The van der Waals surface area contributed by atoms with Crippen LogP contribution in [0.5, 0.6) is 0 Å². The van der Waals surface area contributed by atoms with E-state index in [9.17, 15) is 4.79 Å². The molecule has 3 aromatic rings. The molecular formula is C14H12ClN5O2S. The minimum absolute atomic E-state index is 0.330. The number of methoxy groups -OCH3 is 1. The topological polar surface area (TPSA) is 82.8 Å². The number of nitrogens with zero attached hydrogens (tertiary/aromatic N) is 5. The third-order valence-corrected chi connectivity index (χ3v) is 4.38. The van der Waals surface area contributed by atoms with E-state index in [0.717, 1.165) is 5.69 Å². The van der Waals surface area contributed by atoms with E-state index in [1.165, 1.54) is 25.2 Å². The number of hydrogen-bond donors (Lipinski definition) is 0. The molecular weight excluding hydrogens is 338 g/mol. The van der Waals surface area contributed by atoms with Gasteiger partial charge in [0.1, 0.15) is 16.6 Å². The molecule has 0 spiro atoms. The van der Waals surface area contributed by atoms with Crippen LogP contribution in [0.15, 0.2) is 35.6 Å². The number of ether oxygens (including phenoxy) is 1. The van der Waals surface area contributed by atoms with E-state index < -0.39 is 5.25 Å². The monoisotopic (exact) mass is 349 g/mol. The molecule has 9 heteroatoms. The van der Waals surface area contributed by atoms with Gasteiger partial charge in [-0.25, -0.2) is 9.97 Å². The van der Waals surface area contributed by atoms with E-state index in [4.69, 9.17) is 16.3 Å². The van der Waals surface area contributed by atoms with E-state index >= 15 is 0 Å². The molecule has 2 heterocycles. The number of thioether (sulfide) groups is 1. The number of esters is 1. The first-order valence-electron chi connectivity index (χ1n) is 6.67. The van der Waals surface area contributed by atoms with Gasteiger partial charge in [-0.1, -0.05) is 34.6 Å². The van der Waals surface area contributed by atoms with Gasteiger partial charge in [-0.15, -0.1) is 5.10 Å². The molecule has 0 aliphatic carbocycles. The van der Waals surface area contributed by atoms with Crippen molar-refractivity contribution in [2.24, 2.45) is 0 Å². The Bertz CT molecular complexity index is 869. The number of halogens is 1. The number of carbonyl (C=O) groups excluding carboxylic acids is 1. The van der Waals surface area contributed by atoms with Crippen molar-refractivity contribution < 1.29 is 9.53 Å². The first-order valence-corrected chi connectivity index (χ1v) is 7.92. The summed E-state index contributed by atoms with van der Waals surface area (Å²) in [4.78, 5) is 20.0. The molecule has 118 valence electrons. The van der Waals surface area contributed by atoms with Crippen LogP contribution in [-0.4, -0.2) is 43.3 Å². The number of fused-ring (bicyclic) bond motifs is 1. The van der Waals surface area contributed by atoms with Crippen LogP contribution in [0, 0.1) is 0 Å². The highest BCUT2D eigenvalue weighted by atomic mass is 35.5. The Morgan fingerprint density at radius 1 is 1.39 bits per heavy atom. The quantitative estimate of drug-likeness (QED) is 0.406. The number of hydrogen-bond acceptors (Lipinski definition) is 7. The zero-order chi connectivity index (χ0) is 16.4. The van der Waals surface area contributed by atoms with Crippen molar-refractivity contribution >= 4 is 40.5 Å². The standard InChI is InChI=1S/C14H12ClN5O2S/c1-8(14(21)22-2)23-13-11-12(16-7-17-13)20(19-18-11)10-5-3-4-9(15)6-10/h3-8H,1-2H3. The Labute approximate surface area is 141 Å². The fourth-order valence-electron chi connectivity index (χ4n) is 1.98. The maximum absolute atomic E-state index is 11.6. The second kappa shape index (κ2) is 6.51. The van der Waals surface area contributed by atoms with E-state index in [2.05, 4.69) is 20.3 Å². The molecule has 0 bridgehead atoms. The van der Waals surface area contributed by atoms with Crippen LogP contribution in [-0.2, 0) is 9.53 Å². The molecule has 0 saturated carbocycles. The van der Waals surface area contributed by atoms with Gasteiger partial charge in [-0.05, 0) is 25.1 Å². The molecule has 1 aromatic carbocycles. The molecule has 0 N–H and O–H groups in total. The minimum Gasteiger partial charge on any atom is -0.468 e. The largest absolute Gasteiger partial charge is 0.468 e. The lowest BCUT2D eigenvalue weighted by atomic mass is 10.3. The van der Waals surface area contributed by atoms with E-state index in [-0.39, 0.29) is 5.97 Å². The Morgan fingerprint density at radius 2 is 2.22 bits per heavy atom. The van der Waals surface area contributed by atoms with Crippen molar-refractivity contribution in [2.45, 2.75) is 17.2 Å². The zero-order valence-electron chi connectivity index (χ0n) is 12.3. The lowest BCUT2D eigenvalue weighted by Crippen LogP contribution is -2.14. The Balaban J connectivity index is 2.02.